The Morgan fingerprint density at radius 3 is 2.61 bits per heavy atom. The molecule has 0 fully saturated rings. The first-order valence-corrected chi connectivity index (χ1v) is 6.69. The Balaban J connectivity index is 2.08. The van der Waals surface area contributed by atoms with E-state index in [0.717, 1.165) is 16.9 Å². The van der Waals surface area contributed by atoms with Crippen molar-refractivity contribution < 1.29 is 4.74 Å². The molecule has 0 amide bonds. The highest BCUT2D eigenvalue weighted by Gasteiger charge is 2.03. The zero-order valence-electron chi connectivity index (χ0n) is 9.50. The number of alkyl halides is 1. The molecule has 0 spiro atoms. The Morgan fingerprint density at radius 2 is 1.83 bits per heavy atom. The van der Waals surface area contributed by atoms with Crippen LogP contribution in [-0.2, 0) is 12.5 Å². The summed E-state index contributed by atoms with van der Waals surface area (Å²) in [6.07, 6.45) is 0. The van der Waals surface area contributed by atoms with Crippen molar-refractivity contribution in [2.24, 2.45) is 0 Å². The predicted octanol–water partition coefficient (Wildman–Crippen LogP) is 5.31. The molecule has 4 heteroatoms. The maximum atomic E-state index is 6.06. The van der Waals surface area contributed by atoms with Crippen molar-refractivity contribution in [3.05, 3.63) is 63.6 Å². The molecule has 0 aliphatic heterocycles. The first-order valence-electron chi connectivity index (χ1n) is 5.40. The average molecular weight is 302 g/mol. The molecular weight excluding hydrogens is 291 g/mol. The van der Waals surface area contributed by atoms with Gasteiger partial charge in [-0.2, -0.15) is 0 Å². The average Bonchev–Trinajstić information content (AvgIpc) is 2.40. The summed E-state index contributed by atoms with van der Waals surface area (Å²) in [5.41, 5.74) is 1.88. The van der Waals surface area contributed by atoms with Gasteiger partial charge in [0, 0.05) is 21.5 Å². The summed E-state index contributed by atoms with van der Waals surface area (Å²) < 4.78 is 5.67. The van der Waals surface area contributed by atoms with Crippen LogP contribution in [0, 0.1) is 0 Å². The van der Waals surface area contributed by atoms with E-state index in [1.54, 1.807) is 18.2 Å². The quantitative estimate of drug-likeness (QED) is 0.695. The van der Waals surface area contributed by atoms with E-state index in [2.05, 4.69) is 0 Å². The van der Waals surface area contributed by atoms with Crippen molar-refractivity contribution in [2.45, 2.75) is 12.5 Å². The second-order valence-electron chi connectivity index (χ2n) is 3.81. The summed E-state index contributed by atoms with van der Waals surface area (Å²) in [7, 11) is 0. The van der Waals surface area contributed by atoms with E-state index in [1.165, 1.54) is 0 Å². The van der Waals surface area contributed by atoms with Crippen LogP contribution in [0.3, 0.4) is 0 Å². The van der Waals surface area contributed by atoms with E-state index in [-0.39, 0.29) is 0 Å². The third kappa shape index (κ3) is 3.55. The fourth-order valence-electron chi connectivity index (χ4n) is 1.53. The van der Waals surface area contributed by atoms with Gasteiger partial charge in [0.15, 0.2) is 0 Å². The van der Waals surface area contributed by atoms with E-state index >= 15 is 0 Å². The number of benzene rings is 2. The highest BCUT2D eigenvalue weighted by molar-refractivity contribution is 6.33. The smallest absolute Gasteiger partial charge is 0.120 e. The van der Waals surface area contributed by atoms with Crippen LogP contribution >= 0.6 is 34.8 Å². The summed E-state index contributed by atoms with van der Waals surface area (Å²) in [6.45, 7) is 0.380. The molecule has 0 radical (unpaired) electrons. The second-order valence-corrected chi connectivity index (χ2v) is 4.92. The van der Waals surface area contributed by atoms with E-state index in [9.17, 15) is 0 Å². The Hall–Kier alpha value is -0.890. The minimum Gasteiger partial charge on any atom is -0.489 e. The van der Waals surface area contributed by atoms with Crippen molar-refractivity contribution in [2.75, 3.05) is 0 Å². The van der Waals surface area contributed by atoms with E-state index in [1.807, 2.05) is 24.3 Å². The van der Waals surface area contributed by atoms with E-state index in [0.29, 0.717) is 22.5 Å². The largest absolute Gasteiger partial charge is 0.489 e. The van der Waals surface area contributed by atoms with E-state index < -0.39 is 0 Å². The van der Waals surface area contributed by atoms with Crippen LogP contribution < -0.4 is 4.74 Å². The van der Waals surface area contributed by atoms with Crippen LogP contribution in [0.25, 0.3) is 0 Å². The van der Waals surface area contributed by atoms with Crippen LogP contribution in [-0.4, -0.2) is 0 Å². The summed E-state index contributed by atoms with van der Waals surface area (Å²) in [5, 5.41) is 1.29. The summed E-state index contributed by atoms with van der Waals surface area (Å²) in [6, 6.07) is 13.0. The fourth-order valence-corrected chi connectivity index (χ4v) is 2.07. The molecule has 0 atom stereocenters. The summed E-state index contributed by atoms with van der Waals surface area (Å²) >= 11 is 17.7. The number of halogens is 3. The first kappa shape index (κ1) is 13.5. The minimum absolute atomic E-state index is 0.380. The Kier molecular flexibility index (Phi) is 4.76. The standard InChI is InChI=1S/C14H11Cl3O/c15-8-10-2-1-3-13(6-10)18-9-11-7-12(16)4-5-14(11)17/h1-7H,8-9H2. The molecule has 0 unspecified atom stereocenters. The van der Waals surface area contributed by atoms with Crippen LogP contribution in [0.15, 0.2) is 42.5 Å². The minimum atomic E-state index is 0.380. The lowest BCUT2D eigenvalue weighted by atomic mass is 10.2. The number of hydrogen-bond donors (Lipinski definition) is 0. The number of hydrogen-bond acceptors (Lipinski definition) is 1. The molecule has 18 heavy (non-hydrogen) atoms. The van der Waals surface area contributed by atoms with Crippen molar-refractivity contribution in [3.63, 3.8) is 0 Å². The molecule has 0 heterocycles. The van der Waals surface area contributed by atoms with Crippen molar-refractivity contribution in [3.8, 4) is 5.75 Å². The molecule has 94 valence electrons. The van der Waals surface area contributed by atoms with Gasteiger partial charge in [0.2, 0.25) is 0 Å². The predicted molar refractivity (Wildman–Crippen MR) is 76.8 cm³/mol. The zero-order chi connectivity index (χ0) is 13.0. The van der Waals surface area contributed by atoms with Crippen LogP contribution in [0.4, 0.5) is 0 Å². The third-order valence-corrected chi connectivity index (χ3v) is 3.37. The van der Waals surface area contributed by atoms with Crippen LogP contribution in [0.5, 0.6) is 5.75 Å². The fraction of sp³-hybridized carbons (Fsp3) is 0.143. The monoisotopic (exact) mass is 300 g/mol. The molecule has 0 aliphatic carbocycles. The maximum Gasteiger partial charge on any atom is 0.120 e. The molecule has 0 saturated carbocycles. The Labute approximate surface area is 121 Å². The third-order valence-electron chi connectivity index (χ3n) is 2.45. The van der Waals surface area contributed by atoms with Gasteiger partial charge in [-0.3, -0.25) is 0 Å². The molecule has 0 N–H and O–H groups in total. The van der Waals surface area contributed by atoms with Crippen molar-refractivity contribution >= 4 is 34.8 Å². The maximum absolute atomic E-state index is 6.06. The number of ether oxygens (including phenoxy) is 1. The molecule has 0 aliphatic rings. The highest BCUT2D eigenvalue weighted by Crippen LogP contribution is 2.23. The molecule has 2 aromatic rings. The molecule has 0 aromatic heterocycles. The van der Waals surface area contributed by atoms with E-state index in [4.69, 9.17) is 39.5 Å². The van der Waals surface area contributed by atoms with Gasteiger partial charge in [-0.25, -0.2) is 0 Å². The molecule has 2 rings (SSSR count). The second kappa shape index (κ2) is 6.33. The Morgan fingerprint density at radius 1 is 1.00 bits per heavy atom. The van der Waals surface area contributed by atoms with Gasteiger partial charge >= 0.3 is 0 Å². The normalized spacial score (nSPS) is 10.4. The molecule has 0 bridgehead atoms. The SMILES string of the molecule is ClCc1cccc(OCc2cc(Cl)ccc2Cl)c1. The van der Waals surface area contributed by atoms with Crippen LogP contribution in [0.2, 0.25) is 10.0 Å². The van der Waals surface area contributed by atoms with Gasteiger partial charge in [0.25, 0.3) is 0 Å². The Bertz CT molecular complexity index is 540. The van der Waals surface area contributed by atoms with Gasteiger partial charge in [-0.05, 0) is 35.9 Å². The lowest BCUT2D eigenvalue weighted by molar-refractivity contribution is 0.306. The van der Waals surface area contributed by atoms with Gasteiger partial charge in [-0.1, -0.05) is 35.3 Å². The topological polar surface area (TPSA) is 9.23 Å². The van der Waals surface area contributed by atoms with Crippen LogP contribution in [0.1, 0.15) is 11.1 Å². The molecule has 2 aromatic carbocycles. The lowest BCUT2D eigenvalue weighted by Gasteiger charge is -2.09. The lowest BCUT2D eigenvalue weighted by Crippen LogP contribution is -1.96. The van der Waals surface area contributed by atoms with Crippen molar-refractivity contribution in [1.29, 1.82) is 0 Å². The van der Waals surface area contributed by atoms with Gasteiger partial charge in [0.1, 0.15) is 12.4 Å². The zero-order valence-corrected chi connectivity index (χ0v) is 11.8. The van der Waals surface area contributed by atoms with Gasteiger partial charge in [-0.15, -0.1) is 11.6 Å². The van der Waals surface area contributed by atoms with Gasteiger partial charge in [0.05, 0.1) is 0 Å². The van der Waals surface area contributed by atoms with Crippen molar-refractivity contribution in [1.82, 2.24) is 0 Å². The first-order chi connectivity index (χ1) is 8.69. The van der Waals surface area contributed by atoms with Gasteiger partial charge < -0.3 is 4.74 Å². The highest BCUT2D eigenvalue weighted by atomic mass is 35.5. The molecule has 1 nitrogen and oxygen atoms in total. The number of rotatable bonds is 4. The summed E-state index contributed by atoms with van der Waals surface area (Å²) in [4.78, 5) is 0. The summed E-state index contributed by atoms with van der Waals surface area (Å²) in [5.74, 6) is 1.24. The molecular formula is C14H11Cl3O. The molecule has 0 saturated heterocycles.